The van der Waals surface area contributed by atoms with Gasteiger partial charge in [-0.2, -0.15) is 9.78 Å². The van der Waals surface area contributed by atoms with E-state index in [1.54, 1.807) is 24.3 Å². The van der Waals surface area contributed by atoms with Crippen LogP contribution >= 0.6 is 0 Å². The van der Waals surface area contributed by atoms with Crippen LogP contribution in [-0.4, -0.2) is 27.9 Å². The summed E-state index contributed by atoms with van der Waals surface area (Å²) in [6.07, 6.45) is 1.37. The van der Waals surface area contributed by atoms with Gasteiger partial charge in [-0.25, -0.2) is 4.98 Å². The first-order valence-corrected chi connectivity index (χ1v) is 13.1. The van der Waals surface area contributed by atoms with Gasteiger partial charge in [-0.15, -0.1) is 0 Å². The maximum atomic E-state index is 13.5. The Morgan fingerprint density at radius 1 is 0.905 bits per heavy atom. The highest BCUT2D eigenvalue weighted by atomic mass is 16.6. The molecule has 9 nitrogen and oxygen atoms in total. The van der Waals surface area contributed by atoms with Crippen molar-refractivity contribution in [3.05, 3.63) is 141 Å². The fraction of sp³-hybridized carbons (Fsp3) is 0.0606. The maximum absolute atomic E-state index is 13.5. The van der Waals surface area contributed by atoms with Crippen LogP contribution in [0.5, 0.6) is 11.5 Å². The highest BCUT2D eigenvalue weighted by Gasteiger charge is 2.23. The quantitative estimate of drug-likeness (QED) is 0.119. The number of fused-ring (bicyclic) bond motifs is 2. The van der Waals surface area contributed by atoms with E-state index in [1.165, 1.54) is 24.1 Å². The second-order valence-electron chi connectivity index (χ2n) is 9.44. The summed E-state index contributed by atoms with van der Waals surface area (Å²) in [5, 5.41) is 19.0. The first-order valence-electron chi connectivity index (χ1n) is 13.1. The molecule has 9 heteroatoms. The largest absolute Gasteiger partial charge is 0.493 e. The van der Waals surface area contributed by atoms with Crippen LogP contribution in [0.15, 0.2) is 119 Å². The molecule has 0 saturated carbocycles. The lowest BCUT2D eigenvalue weighted by molar-refractivity contribution is -0.386. The van der Waals surface area contributed by atoms with Crippen LogP contribution in [0.4, 0.5) is 5.69 Å². The monoisotopic (exact) mass is 556 g/mol. The number of rotatable bonds is 8. The zero-order valence-electron chi connectivity index (χ0n) is 22.5. The average molecular weight is 557 g/mol. The van der Waals surface area contributed by atoms with E-state index >= 15 is 0 Å². The molecule has 206 valence electrons. The molecule has 0 radical (unpaired) electrons. The molecule has 1 heterocycles. The Bertz CT molecular complexity index is 2030. The van der Waals surface area contributed by atoms with Crippen molar-refractivity contribution in [3.63, 3.8) is 0 Å². The number of ether oxygens (including phenoxy) is 2. The molecule has 1 aromatic heterocycles. The number of hydrogen-bond acceptors (Lipinski definition) is 7. The van der Waals surface area contributed by atoms with Crippen molar-refractivity contribution in [2.75, 3.05) is 7.11 Å². The predicted molar refractivity (Wildman–Crippen MR) is 162 cm³/mol. The first kappa shape index (κ1) is 26.4. The fourth-order valence-electron chi connectivity index (χ4n) is 4.81. The normalized spacial score (nSPS) is 11.3. The minimum atomic E-state index is -0.530. The third-order valence-electron chi connectivity index (χ3n) is 6.83. The molecule has 0 fully saturated rings. The van der Waals surface area contributed by atoms with Gasteiger partial charge in [-0.05, 0) is 34.5 Å². The molecule has 0 aliphatic rings. The molecule has 42 heavy (non-hydrogen) atoms. The third kappa shape index (κ3) is 5.06. The Balaban J connectivity index is 1.40. The molecule has 0 unspecified atom stereocenters. The SMILES string of the molecule is COc1cc(C=Nn2c(-c3ccccc3)nc3ccccc3c2=O)cc([N+](=O)[O-])c1OCc1cccc2ccccc12. The molecular formula is C33H24N4O5. The second-order valence-corrected chi connectivity index (χ2v) is 9.44. The van der Waals surface area contributed by atoms with E-state index < -0.39 is 4.92 Å². The summed E-state index contributed by atoms with van der Waals surface area (Å²) in [7, 11) is 1.41. The lowest BCUT2D eigenvalue weighted by atomic mass is 10.1. The second kappa shape index (κ2) is 11.3. The fourth-order valence-corrected chi connectivity index (χ4v) is 4.81. The van der Waals surface area contributed by atoms with Gasteiger partial charge in [0.15, 0.2) is 11.6 Å². The van der Waals surface area contributed by atoms with Crippen LogP contribution in [-0.2, 0) is 6.61 Å². The van der Waals surface area contributed by atoms with E-state index in [0.717, 1.165) is 16.3 Å². The molecule has 0 N–H and O–H groups in total. The van der Waals surface area contributed by atoms with Gasteiger partial charge in [0.1, 0.15) is 6.61 Å². The summed E-state index contributed by atoms with van der Waals surface area (Å²) in [5.41, 5.74) is 1.80. The molecule has 0 aliphatic carbocycles. The number of methoxy groups -OCH3 is 1. The van der Waals surface area contributed by atoms with Gasteiger partial charge in [-0.3, -0.25) is 14.9 Å². The summed E-state index contributed by atoms with van der Waals surface area (Å²) >= 11 is 0. The highest BCUT2D eigenvalue weighted by molar-refractivity contribution is 5.86. The number of hydrogen-bond donors (Lipinski definition) is 0. The Kier molecular flexibility index (Phi) is 7.13. The van der Waals surface area contributed by atoms with Gasteiger partial charge in [0.05, 0.1) is 29.2 Å². The molecular weight excluding hydrogens is 532 g/mol. The zero-order chi connectivity index (χ0) is 29.1. The van der Waals surface area contributed by atoms with Gasteiger partial charge in [-0.1, -0.05) is 84.9 Å². The van der Waals surface area contributed by atoms with E-state index in [-0.39, 0.29) is 29.4 Å². The molecule has 6 rings (SSSR count). The van der Waals surface area contributed by atoms with Crippen LogP contribution in [0.2, 0.25) is 0 Å². The average Bonchev–Trinajstić information content (AvgIpc) is 3.03. The number of benzene rings is 5. The number of nitrogens with zero attached hydrogens (tertiary/aromatic N) is 4. The van der Waals surface area contributed by atoms with E-state index in [0.29, 0.717) is 27.9 Å². The molecule has 0 saturated heterocycles. The van der Waals surface area contributed by atoms with E-state index in [2.05, 4.69) is 10.1 Å². The summed E-state index contributed by atoms with van der Waals surface area (Å²) in [6.45, 7) is 0.102. The molecule has 0 amide bonds. The number of nitro benzene ring substituents is 1. The molecule has 0 aliphatic heterocycles. The van der Waals surface area contributed by atoms with Crippen molar-refractivity contribution in [2.45, 2.75) is 6.61 Å². The van der Waals surface area contributed by atoms with Crippen LogP contribution in [0.25, 0.3) is 33.1 Å². The number of para-hydroxylation sites is 1. The van der Waals surface area contributed by atoms with Gasteiger partial charge in [0.2, 0.25) is 5.75 Å². The minimum absolute atomic E-state index is 0.00194. The van der Waals surface area contributed by atoms with Crippen molar-refractivity contribution >= 4 is 33.6 Å². The first-order chi connectivity index (χ1) is 20.5. The van der Waals surface area contributed by atoms with Crippen LogP contribution in [0.1, 0.15) is 11.1 Å². The van der Waals surface area contributed by atoms with Crippen molar-refractivity contribution in [2.24, 2.45) is 5.10 Å². The molecule has 0 atom stereocenters. The van der Waals surface area contributed by atoms with Gasteiger partial charge < -0.3 is 9.47 Å². The number of aromatic nitrogens is 2. The van der Waals surface area contributed by atoms with Crippen molar-refractivity contribution in [1.29, 1.82) is 0 Å². The summed E-state index contributed by atoms with van der Waals surface area (Å²) < 4.78 is 12.7. The molecule has 0 bridgehead atoms. The molecule has 5 aromatic carbocycles. The summed E-state index contributed by atoms with van der Waals surface area (Å²) in [6, 6.07) is 32.8. The van der Waals surface area contributed by atoms with Gasteiger partial charge >= 0.3 is 5.69 Å². The lowest BCUT2D eigenvalue weighted by Gasteiger charge is -2.13. The molecule has 0 spiro atoms. The third-order valence-corrected chi connectivity index (χ3v) is 6.83. The smallest absolute Gasteiger partial charge is 0.315 e. The van der Waals surface area contributed by atoms with E-state index in [1.807, 2.05) is 78.9 Å². The summed E-state index contributed by atoms with van der Waals surface area (Å²) in [4.78, 5) is 29.8. The minimum Gasteiger partial charge on any atom is -0.493 e. The van der Waals surface area contributed by atoms with Crippen LogP contribution < -0.4 is 15.0 Å². The Morgan fingerprint density at radius 3 is 2.40 bits per heavy atom. The zero-order valence-corrected chi connectivity index (χ0v) is 22.5. The summed E-state index contributed by atoms with van der Waals surface area (Å²) in [5.74, 6) is 0.507. The Labute approximate surface area is 240 Å². The van der Waals surface area contributed by atoms with Crippen LogP contribution in [0.3, 0.4) is 0 Å². The predicted octanol–water partition coefficient (Wildman–Crippen LogP) is 6.59. The maximum Gasteiger partial charge on any atom is 0.315 e. The standard InChI is InChI=1S/C33H24N4O5/c1-41-30-19-22(18-29(37(39)40)31(30)42-21-25-14-9-13-23-10-5-6-15-26(23)25)20-34-36-32(24-11-3-2-4-12-24)35-28-17-8-7-16-27(28)33(36)38/h2-20H,21H2,1H3. The Morgan fingerprint density at radius 2 is 1.62 bits per heavy atom. The highest BCUT2D eigenvalue weighted by Crippen LogP contribution is 2.39. The van der Waals surface area contributed by atoms with Gasteiger partial charge in [0.25, 0.3) is 5.56 Å². The van der Waals surface area contributed by atoms with Crippen molar-refractivity contribution in [1.82, 2.24) is 9.66 Å². The van der Waals surface area contributed by atoms with E-state index in [4.69, 9.17) is 9.47 Å². The van der Waals surface area contributed by atoms with Crippen molar-refractivity contribution in [3.8, 4) is 22.9 Å². The van der Waals surface area contributed by atoms with Gasteiger partial charge in [0, 0.05) is 17.2 Å². The number of nitro groups is 1. The van der Waals surface area contributed by atoms with Crippen molar-refractivity contribution < 1.29 is 14.4 Å². The lowest BCUT2D eigenvalue weighted by Crippen LogP contribution is -2.20. The van der Waals surface area contributed by atoms with Crippen LogP contribution in [0, 0.1) is 10.1 Å². The Hall–Kier alpha value is -5.83. The topological polar surface area (TPSA) is 109 Å². The molecule has 6 aromatic rings. The van der Waals surface area contributed by atoms with E-state index in [9.17, 15) is 14.9 Å².